The first kappa shape index (κ1) is 20.2. The van der Waals surface area contributed by atoms with Gasteiger partial charge in [0.25, 0.3) is 0 Å². The van der Waals surface area contributed by atoms with Crippen LogP contribution in [0.1, 0.15) is 38.5 Å². The molecule has 0 spiro atoms. The summed E-state index contributed by atoms with van der Waals surface area (Å²) in [5.74, 6) is 0.113. The van der Waals surface area contributed by atoms with E-state index in [9.17, 15) is 17.6 Å². The van der Waals surface area contributed by atoms with E-state index in [0.29, 0.717) is 31.8 Å². The molecule has 1 atom stereocenters. The van der Waals surface area contributed by atoms with Crippen LogP contribution in [0, 0.1) is 11.7 Å². The van der Waals surface area contributed by atoms with Gasteiger partial charge in [0.05, 0.1) is 4.90 Å². The summed E-state index contributed by atoms with van der Waals surface area (Å²) in [6.07, 6.45) is 5.08. The third-order valence-corrected chi connectivity index (χ3v) is 6.95. The number of nitrogens with one attached hydrogen (secondary N) is 2. The first-order chi connectivity index (χ1) is 12.9. The average molecular weight is 398 g/mol. The van der Waals surface area contributed by atoms with Crippen LogP contribution in [0.15, 0.2) is 29.2 Å². The van der Waals surface area contributed by atoms with E-state index in [2.05, 4.69) is 10.0 Å². The van der Waals surface area contributed by atoms with Gasteiger partial charge in [0.15, 0.2) is 0 Å². The molecule has 150 valence electrons. The van der Waals surface area contributed by atoms with Crippen LogP contribution in [-0.2, 0) is 14.8 Å². The van der Waals surface area contributed by atoms with Gasteiger partial charge >= 0.3 is 0 Å². The standard InChI is InChI=1S/C19H28FN3O3S/c20-16-3-1-5-18(13-16)27(25,26)22-17-4-2-12-23(14-17)19(24)7-6-15-8-10-21-11-9-15/h1,3,5,13,15,17,21-22H,2,4,6-12,14H2. The predicted octanol–water partition coefficient (Wildman–Crippen LogP) is 1.87. The fourth-order valence-corrected chi connectivity index (χ4v) is 5.17. The summed E-state index contributed by atoms with van der Waals surface area (Å²) >= 11 is 0. The molecule has 3 rings (SSSR count). The lowest BCUT2D eigenvalue weighted by molar-refractivity contribution is -0.132. The second-order valence-electron chi connectivity index (χ2n) is 7.49. The number of likely N-dealkylation sites (tertiary alicyclic amines) is 1. The monoisotopic (exact) mass is 397 g/mol. The van der Waals surface area contributed by atoms with Crippen molar-refractivity contribution in [2.24, 2.45) is 5.92 Å². The molecular formula is C19H28FN3O3S. The maximum atomic E-state index is 13.3. The minimum absolute atomic E-state index is 0.0862. The molecule has 27 heavy (non-hydrogen) atoms. The van der Waals surface area contributed by atoms with Crippen LogP contribution < -0.4 is 10.0 Å². The average Bonchev–Trinajstić information content (AvgIpc) is 2.67. The highest BCUT2D eigenvalue weighted by atomic mass is 32.2. The van der Waals surface area contributed by atoms with Gasteiger partial charge in [0, 0.05) is 25.6 Å². The third-order valence-electron chi connectivity index (χ3n) is 5.43. The summed E-state index contributed by atoms with van der Waals surface area (Å²) in [4.78, 5) is 14.2. The number of carbonyl (C=O) groups is 1. The van der Waals surface area contributed by atoms with Gasteiger partial charge in [0.1, 0.15) is 5.82 Å². The van der Waals surface area contributed by atoms with E-state index in [1.165, 1.54) is 18.2 Å². The Hall–Kier alpha value is -1.51. The molecule has 2 aliphatic heterocycles. The Morgan fingerprint density at radius 2 is 2.04 bits per heavy atom. The van der Waals surface area contributed by atoms with Crippen molar-refractivity contribution in [2.45, 2.75) is 49.5 Å². The van der Waals surface area contributed by atoms with Crippen molar-refractivity contribution in [3.8, 4) is 0 Å². The summed E-state index contributed by atoms with van der Waals surface area (Å²) in [6, 6.07) is 4.63. The lowest BCUT2D eigenvalue weighted by Crippen LogP contribution is -2.49. The number of halogens is 1. The Morgan fingerprint density at radius 1 is 1.26 bits per heavy atom. The summed E-state index contributed by atoms with van der Waals surface area (Å²) in [7, 11) is -3.80. The Balaban J connectivity index is 1.53. The molecule has 6 nitrogen and oxygen atoms in total. The van der Waals surface area contributed by atoms with Crippen molar-refractivity contribution in [3.05, 3.63) is 30.1 Å². The molecule has 0 aliphatic carbocycles. The Morgan fingerprint density at radius 3 is 2.78 bits per heavy atom. The number of sulfonamides is 1. The molecular weight excluding hydrogens is 369 g/mol. The van der Waals surface area contributed by atoms with Gasteiger partial charge in [-0.15, -0.1) is 0 Å². The van der Waals surface area contributed by atoms with Crippen LogP contribution in [0.2, 0.25) is 0 Å². The predicted molar refractivity (Wildman–Crippen MR) is 101 cm³/mol. The molecule has 0 radical (unpaired) electrons. The fourth-order valence-electron chi connectivity index (χ4n) is 3.88. The van der Waals surface area contributed by atoms with Crippen LogP contribution in [0.4, 0.5) is 4.39 Å². The van der Waals surface area contributed by atoms with Crippen LogP contribution in [0.25, 0.3) is 0 Å². The third kappa shape index (κ3) is 5.73. The summed E-state index contributed by atoms with van der Waals surface area (Å²) in [5.41, 5.74) is 0. The second kappa shape index (κ2) is 9.12. The molecule has 0 aromatic heterocycles. The maximum Gasteiger partial charge on any atom is 0.240 e. The number of benzene rings is 1. The van der Waals surface area contributed by atoms with Crippen molar-refractivity contribution in [2.75, 3.05) is 26.2 Å². The zero-order valence-electron chi connectivity index (χ0n) is 15.5. The molecule has 2 aliphatic rings. The number of piperidine rings is 2. The number of hydrogen-bond donors (Lipinski definition) is 2. The van der Waals surface area contributed by atoms with E-state index < -0.39 is 15.8 Å². The highest BCUT2D eigenvalue weighted by molar-refractivity contribution is 7.89. The summed E-state index contributed by atoms with van der Waals surface area (Å²) < 4.78 is 40.9. The number of amides is 1. The highest BCUT2D eigenvalue weighted by Gasteiger charge is 2.28. The van der Waals surface area contributed by atoms with Gasteiger partial charge in [-0.3, -0.25) is 4.79 Å². The molecule has 1 aromatic rings. The molecule has 0 saturated carbocycles. The minimum atomic E-state index is -3.80. The van der Waals surface area contributed by atoms with Crippen molar-refractivity contribution in [1.82, 2.24) is 14.9 Å². The first-order valence-corrected chi connectivity index (χ1v) is 11.2. The van der Waals surface area contributed by atoms with Crippen molar-refractivity contribution >= 4 is 15.9 Å². The number of carbonyl (C=O) groups excluding carboxylic acids is 1. The molecule has 1 aromatic carbocycles. The van der Waals surface area contributed by atoms with E-state index in [4.69, 9.17) is 0 Å². The SMILES string of the molecule is O=C(CCC1CCNCC1)N1CCCC(NS(=O)(=O)c2cccc(F)c2)C1. The molecule has 2 heterocycles. The van der Waals surface area contributed by atoms with Crippen molar-refractivity contribution < 1.29 is 17.6 Å². The van der Waals surface area contributed by atoms with Crippen molar-refractivity contribution in [1.29, 1.82) is 0 Å². The lowest BCUT2D eigenvalue weighted by Gasteiger charge is -2.33. The second-order valence-corrected chi connectivity index (χ2v) is 9.20. The Labute approximate surface area is 160 Å². The van der Waals surface area contributed by atoms with E-state index in [-0.39, 0.29) is 16.8 Å². The zero-order chi connectivity index (χ0) is 19.3. The molecule has 0 bridgehead atoms. The van der Waals surface area contributed by atoms with E-state index >= 15 is 0 Å². The fraction of sp³-hybridized carbons (Fsp3) is 0.632. The molecule has 2 saturated heterocycles. The zero-order valence-corrected chi connectivity index (χ0v) is 16.3. The summed E-state index contributed by atoms with van der Waals surface area (Å²) in [6.45, 7) is 3.09. The molecule has 1 unspecified atom stereocenters. The normalized spacial score (nSPS) is 22.0. The van der Waals surface area contributed by atoms with E-state index in [1.54, 1.807) is 4.90 Å². The van der Waals surface area contributed by atoms with Crippen LogP contribution >= 0.6 is 0 Å². The lowest BCUT2D eigenvalue weighted by atomic mass is 9.93. The van der Waals surface area contributed by atoms with Crippen LogP contribution in [0.3, 0.4) is 0 Å². The topological polar surface area (TPSA) is 78.5 Å². The van der Waals surface area contributed by atoms with Crippen LogP contribution in [-0.4, -0.2) is 51.4 Å². The van der Waals surface area contributed by atoms with E-state index in [1.807, 2.05) is 0 Å². The van der Waals surface area contributed by atoms with Gasteiger partial charge in [-0.1, -0.05) is 6.07 Å². The van der Waals surface area contributed by atoms with Gasteiger partial charge in [0.2, 0.25) is 15.9 Å². The van der Waals surface area contributed by atoms with Gasteiger partial charge < -0.3 is 10.2 Å². The van der Waals surface area contributed by atoms with Crippen molar-refractivity contribution in [3.63, 3.8) is 0 Å². The minimum Gasteiger partial charge on any atom is -0.341 e. The Bertz CT molecular complexity index is 750. The molecule has 8 heteroatoms. The number of nitrogens with zero attached hydrogens (tertiary/aromatic N) is 1. The highest BCUT2D eigenvalue weighted by Crippen LogP contribution is 2.20. The quantitative estimate of drug-likeness (QED) is 0.768. The summed E-state index contributed by atoms with van der Waals surface area (Å²) in [5, 5.41) is 3.33. The van der Waals surface area contributed by atoms with E-state index in [0.717, 1.165) is 44.8 Å². The molecule has 2 N–H and O–H groups in total. The van der Waals surface area contributed by atoms with Gasteiger partial charge in [-0.2, -0.15) is 0 Å². The first-order valence-electron chi connectivity index (χ1n) is 9.70. The Kier molecular flexibility index (Phi) is 6.83. The number of hydrogen-bond acceptors (Lipinski definition) is 4. The smallest absolute Gasteiger partial charge is 0.240 e. The van der Waals surface area contributed by atoms with Crippen LogP contribution in [0.5, 0.6) is 0 Å². The largest absolute Gasteiger partial charge is 0.341 e. The van der Waals surface area contributed by atoms with Gasteiger partial charge in [-0.05, 0) is 69.3 Å². The molecule has 1 amide bonds. The maximum absolute atomic E-state index is 13.3. The van der Waals surface area contributed by atoms with Gasteiger partial charge in [-0.25, -0.2) is 17.5 Å². The molecule has 2 fully saturated rings. The number of rotatable bonds is 6.